The number of pyridine rings is 1. The Labute approximate surface area is 629 Å². The summed E-state index contributed by atoms with van der Waals surface area (Å²) in [5.74, 6) is 1.69. The maximum atomic E-state index is 14.0. The number of allylic oxidation sites excluding steroid dienone is 1. The number of hydrogen-bond donors (Lipinski definition) is 1. The molecule has 109 heavy (non-hydrogen) atoms. The minimum atomic E-state index is -0.936. The van der Waals surface area contributed by atoms with Gasteiger partial charge in [-0.1, -0.05) is 24.3 Å². The number of methoxy groups -OCH3 is 2. The third kappa shape index (κ3) is 13.8. The zero-order valence-corrected chi connectivity index (χ0v) is 61.2. The van der Waals surface area contributed by atoms with Gasteiger partial charge in [0.05, 0.1) is 49.4 Å². The number of aromatic nitrogens is 4. The van der Waals surface area contributed by atoms with E-state index in [4.69, 9.17) is 28.7 Å². The average molecular weight is 1460 g/mol. The molecule has 1 amide bonds. The molecule has 6 aliphatic heterocycles. The lowest BCUT2D eigenvalue weighted by molar-refractivity contribution is -0.129. The van der Waals surface area contributed by atoms with Crippen molar-refractivity contribution in [3.63, 3.8) is 0 Å². The molecule has 16 nitrogen and oxygen atoms in total. The van der Waals surface area contributed by atoms with Crippen LogP contribution in [-0.2, 0) is 38.5 Å². The summed E-state index contributed by atoms with van der Waals surface area (Å²) in [4.78, 5) is 41.3. The second-order valence-corrected chi connectivity index (χ2v) is 29.0. The molecule has 0 saturated carbocycles. The lowest BCUT2D eigenvalue weighted by atomic mass is 9.89. The average Bonchev–Trinajstić information content (AvgIpc) is 1.59. The number of rotatable bonds is 13. The molecule has 0 atom stereocenters. The van der Waals surface area contributed by atoms with Crippen molar-refractivity contribution in [1.82, 2.24) is 23.6 Å². The van der Waals surface area contributed by atoms with E-state index in [9.17, 15) is 27.9 Å². The Morgan fingerprint density at radius 2 is 0.881 bits per heavy atom. The molecule has 0 spiro atoms. The molecule has 8 aromatic carbocycles. The smallest absolute Gasteiger partial charge is 0.335 e. The zero-order chi connectivity index (χ0) is 74.4. The largest absolute Gasteiger partial charge is 0.497 e. The highest BCUT2D eigenvalue weighted by molar-refractivity contribution is 6.06. The predicted molar refractivity (Wildman–Crippen MR) is 422 cm³/mol. The third-order valence-electron chi connectivity index (χ3n) is 22.6. The van der Waals surface area contributed by atoms with Crippen molar-refractivity contribution in [1.29, 1.82) is 0 Å². The molecule has 552 valence electrons. The van der Waals surface area contributed by atoms with Crippen LogP contribution in [0.25, 0.3) is 89.2 Å². The van der Waals surface area contributed by atoms with Crippen LogP contribution in [0.1, 0.15) is 124 Å². The van der Waals surface area contributed by atoms with Crippen LogP contribution in [0.3, 0.4) is 0 Å². The second kappa shape index (κ2) is 30.3. The van der Waals surface area contributed by atoms with Gasteiger partial charge in [0.1, 0.15) is 34.8 Å². The van der Waals surface area contributed by atoms with E-state index < -0.39 is 5.97 Å². The van der Waals surface area contributed by atoms with Gasteiger partial charge >= 0.3 is 5.97 Å². The molecule has 12 aromatic rings. The maximum absolute atomic E-state index is 14.0. The molecule has 4 fully saturated rings. The minimum absolute atomic E-state index is 0.123. The van der Waals surface area contributed by atoms with E-state index in [2.05, 4.69) is 101 Å². The molecule has 1 aliphatic carbocycles. The first-order valence-corrected chi connectivity index (χ1v) is 37.7. The quantitative estimate of drug-likeness (QED) is 0.118. The van der Waals surface area contributed by atoms with Crippen molar-refractivity contribution >= 4 is 68.9 Å². The predicted octanol–water partition coefficient (Wildman–Crippen LogP) is 18.2. The summed E-state index contributed by atoms with van der Waals surface area (Å²) in [6.45, 7) is 10.3. The van der Waals surface area contributed by atoms with E-state index in [1.54, 1.807) is 33.3 Å². The third-order valence-corrected chi connectivity index (χ3v) is 22.6. The number of piperazine rings is 1. The molecule has 10 heterocycles. The Kier molecular flexibility index (Phi) is 19.7. The first kappa shape index (κ1) is 70.6. The number of carboxylic acids is 1. The van der Waals surface area contributed by atoms with Crippen molar-refractivity contribution in [2.45, 2.75) is 82.7 Å². The first-order valence-electron chi connectivity index (χ1n) is 37.7. The van der Waals surface area contributed by atoms with Gasteiger partial charge in [0.25, 0.3) is 0 Å². The van der Waals surface area contributed by atoms with Crippen LogP contribution < -0.4 is 14.4 Å². The van der Waals surface area contributed by atoms with Crippen LogP contribution in [0.4, 0.5) is 19.0 Å². The van der Waals surface area contributed by atoms with Crippen LogP contribution in [0, 0.1) is 17.5 Å². The van der Waals surface area contributed by atoms with Gasteiger partial charge in [-0.05, 0) is 235 Å². The van der Waals surface area contributed by atoms with E-state index >= 15 is 0 Å². The number of aromatic carboxylic acids is 1. The molecule has 7 aliphatic rings. The van der Waals surface area contributed by atoms with Gasteiger partial charge in [-0.2, -0.15) is 0 Å². The van der Waals surface area contributed by atoms with Gasteiger partial charge in [0, 0.05) is 188 Å². The molecular formula is C90H83F3N8O8. The van der Waals surface area contributed by atoms with Gasteiger partial charge in [0.15, 0.2) is 0 Å². The Hall–Kier alpha value is -11.4. The van der Waals surface area contributed by atoms with Gasteiger partial charge in [-0.3, -0.25) is 14.8 Å². The number of hydrogen-bond acceptors (Lipinski definition) is 11. The van der Waals surface area contributed by atoms with E-state index in [-0.39, 0.29) is 40.8 Å². The first-order chi connectivity index (χ1) is 53.3. The van der Waals surface area contributed by atoms with E-state index in [1.807, 2.05) is 78.1 Å². The Morgan fingerprint density at radius 3 is 1.29 bits per heavy atom. The van der Waals surface area contributed by atoms with Crippen LogP contribution in [0.5, 0.6) is 11.5 Å². The monoisotopic (exact) mass is 1460 g/mol. The fourth-order valence-corrected chi connectivity index (χ4v) is 17.2. The van der Waals surface area contributed by atoms with Crippen LogP contribution in [-0.4, -0.2) is 133 Å². The summed E-state index contributed by atoms with van der Waals surface area (Å²) in [6, 6.07) is 51.2. The number of ether oxygens (including phenoxy) is 5. The molecular weight excluding hydrogens is 1380 g/mol. The van der Waals surface area contributed by atoms with Gasteiger partial charge in [-0.15, -0.1) is 0 Å². The Balaban J connectivity index is 0.000000120. The number of aliphatic imine (C=N–C) groups is 2. The van der Waals surface area contributed by atoms with Gasteiger partial charge in [0.2, 0.25) is 5.91 Å². The number of benzene rings is 8. The van der Waals surface area contributed by atoms with Crippen molar-refractivity contribution in [3.8, 4) is 61.9 Å². The van der Waals surface area contributed by atoms with Crippen LogP contribution in [0.2, 0.25) is 0 Å². The van der Waals surface area contributed by atoms with E-state index in [0.717, 1.165) is 185 Å². The summed E-state index contributed by atoms with van der Waals surface area (Å²) in [7, 11) is 3.34. The normalized spacial score (nSPS) is 16.3. The fourth-order valence-electron chi connectivity index (χ4n) is 17.2. The highest BCUT2D eigenvalue weighted by Crippen LogP contribution is 2.50. The molecule has 4 saturated heterocycles. The fraction of sp³-hybridized carbons (Fsp3) is 0.278. The lowest BCUT2D eigenvalue weighted by Gasteiger charge is -2.35. The summed E-state index contributed by atoms with van der Waals surface area (Å²) in [6.07, 6.45) is 16.6. The van der Waals surface area contributed by atoms with E-state index in [0.29, 0.717) is 45.3 Å². The summed E-state index contributed by atoms with van der Waals surface area (Å²) < 4.78 is 77.1. The van der Waals surface area contributed by atoms with Gasteiger partial charge in [-0.25, -0.2) is 22.9 Å². The SMILES string of the molecule is CC(=O)N1CCN(c2ccc(-c3c(C4CCOCC4)n(-c4ccc(F)cc4)c4cc5c(cc34)CN=C5)cn2)CC1.COc1cc(OC)cc(-c2c(C3CCOCC3)n(-c3ccc(F)cc3)c3cc4c(cc23)CN=C4)c1.O=C(O)c1ccc(-c2c(C3CCOCC3)n(-c3ccc(F)cc3)c3cc4c(cc23)CC=C4)cc1. The molecule has 19 rings (SSSR count). The van der Waals surface area contributed by atoms with Crippen LogP contribution >= 0.6 is 0 Å². The molecule has 0 radical (unpaired) electrons. The Morgan fingerprint density at radius 1 is 0.468 bits per heavy atom. The topological polar surface area (TPSA) is 159 Å². The molecule has 0 bridgehead atoms. The maximum Gasteiger partial charge on any atom is 0.335 e. The summed E-state index contributed by atoms with van der Waals surface area (Å²) >= 11 is 0. The molecule has 4 aromatic heterocycles. The van der Waals surface area contributed by atoms with Crippen molar-refractivity contribution in [2.24, 2.45) is 9.98 Å². The number of carbonyl (C=O) groups is 2. The second-order valence-electron chi connectivity index (χ2n) is 29.0. The standard InChI is InChI=1S/C32H32FN5O2.C29H27FN2O3.C29H24FNO3/c1-21(39)36-10-12-37(13-11-36)30-7-2-23(20-35-30)31-28-16-24-18-34-19-25(24)17-29(28)38(27-5-3-26(33)4-6-27)32(31)22-8-14-40-15-9-22;1-33-24-11-19(12-25(15-24)34-2)28-26-13-20-16-31-17-21(20)14-27(26)32(23-5-3-22(30)4-6-23)29(28)18-7-9-35-10-8-18;30-23-8-10-24(11-9-23)31-26-17-22-3-1-2-21(22)16-25(26)27(28(31)19-12-14-34-15-13-19)18-4-6-20(7-5-18)29(32)33/h2-7,16-17,19-20,22H,8-15,18H2,1H3;3-6,11-15,17-18H,7-10,16H2,1-2H3;1,3-11,16-17,19H,2,12-15H2,(H,32,33). The minimum Gasteiger partial charge on any atom is -0.497 e. The summed E-state index contributed by atoms with van der Waals surface area (Å²) in [5, 5.41) is 12.9. The number of halogens is 3. The highest BCUT2D eigenvalue weighted by atomic mass is 19.1. The molecule has 1 N–H and O–H groups in total. The number of carboxylic acid groups (broad SMARTS) is 1. The molecule has 19 heteroatoms. The highest BCUT2D eigenvalue weighted by Gasteiger charge is 2.34. The number of fused-ring (bicyclic) bond motifs is 6. The van der Waals surface area contributed by atoms with Gasteiger partial charge < -0.3 is 52.3 Å². The zero-order valence-electron chi connectivity index (χ0n) is 61.2. The van der Waals surface area contributed by atoms with Crippen molar-refractivity contribution in [2.75, 3.05) is 84.9 Å². The number of amides is 1. The lowest BCUT2D eigenvalue weighted by Crippen LogP contribution is -2.48. The number of nitrogens with zero attached hydrogens (tertiary/aromatic N) is 8. The summed E-state index contributed by atoms with van der Waals surface area (Å²) in [5.41, 5.74) is 23.7. The number of anilines is 1. The Bertz CT molecular complexity index is 5520. The molecule has 0 unspecified atom stereocenters. The number of carbonyl (C=O) groups excluding carboxylic acids is 1. The van der Waals surface area contributed by atoms with Crippen molar-refractivity contribution < 1.29 is 51.6 Å². The van der Waals surface area contributed by atoms with Crippen LogP contribution in [0.15, 0.2) is 186 Å². The van der Waals surface area contributed by atoms with Crippen molar-refractivity contribution in [3.05, 3.63) is 250 Å². The van der Waals surface area contributed by atoms with E-state index in [1.165, 1.54) is 86.7 Å².